The van der Waals surface area contributed by atoms with E-state index in [2.05, 4.69) is 10.1 Å². The maximum Gasteiger partial charge on any atom is 0.573 e. The Morgan fingerprint density at radius 3 is 2.56 bits per heavy atom. The highest BCUT2D eigenvalue weighted by Crippen LogP contribution is 2.22. The normalized spacial score (nSPS) is 11.6. The van der Waals surface area contributed by atoms with Crippen LogP contribution in [0.25, 0.3) is 0 Å². The number of benzene rings is 1. The Labute approximate surface area is 148 Å². The van der Waals surface area contributed by atoms with E-state index < -0.39 is 6.36 Å². The van der Waals surface area contributed by atoms with E-state index in [-0.39, 0.29) is 18.2 Å². The van der Waals surface area contributed by atoms with Crippen molar-refractivity contribution in [2.45, 2.75) is 19.3 Å². The lowest BCUT2D eigenvalue weighted by atomic mass is 10.2. The van der Waals surface area contributed by atoms with Gasteiger partial charge in [0.05, 0.1) is 6.54 Å². The minimum atomic E-state index is -4.69. The van der Waals surface area contributed by atoms with Gasteiger partial charge in [-0.3, -0.25) is 9.69 Å². The van der Waals surface area contributed by atoms with Crippen molar-refractivity contribution < 1.29 is 22.7 Å². The molecule has 0 bridgehead atoms. The van der Waals surface area contributed by atoms with E-state index in [9.17, 15) is 18.0 Å². The van der Waals surface area contributed by atoms with Gasteiger partial charge >= 0.3 is 6.36 Å². The molecule has 1 aromatic carbocycles. The van der Waals surface area contributed by atoms with Crippen LogP contribution in [0.2, 0.25) is 0 Å². The van der Waals surface area contributed by atoms with Crippen LogP contribution in [-0.4, -0.2) is 37.3 Å². The number of nitrogens with one attached hydrogen (secondary N) is 1. The first-order chi connectivity index (χ1) is 11.8. The molecule has 136 valence electrons. The molecule has 0 atom stereocenters. The van der Waals surface area contributed by atoms with Gasteiger partial charge in [-0.25, -0.2) is 0 Å². The van der Waals surface area contributed by atoms with Gasteiger partial charge in [0.1, 0.15) is 5.75 Å². The van der Waals surface area contributed by atoms with E-state index in [0.29, 0.717) is 13.1 Å². The fraction of sp³-hybridized carbons (Fsp3) is 0.353. The molecule has 1 aromatic heterocycles. The van der Waals surface area contributed by atoms with E-state index in [1.807, 2.05) is 17.5 Å². The summed E-state index contributed by atoms with van der Waals surface area (Å²) in [7, 11) is 1.78. The summed E-state index contributed by atoms with van der Waals surface area (Å²) in [4.78, 5) is 14.9. The fourth-order valence-corrected chi connectivity index (χ4v) is 2.95. The van der Waals surface area contributed by atoms with Crippen molar-refractivity contribution in [3.63, 3.8) is 0 Å². The summed E-state index contributed by atoms with van der Waals surface area (Å²) in [5.74, 6) is -0.346. The number of carbonyl (C=O) groups excluding carboxylic acids is 1. The summed E-state index contributed by atoms with van der Waals surface area (Å²) in [5.41, 5.74) is 0.795. The van der Waals surface area contributed by atoms with Gasteiger partial charge in [-0.1, -0.05) is 18.2 Å². The number of thiophene rings is 1. The summed E-state index contributed by atoms with van der Waals surface area (Å²) in [6.07, 6.45) is -3.90. The summed E-state index contributed by atoms with van der Waals surface area (Å²) in [6, 6.07) is 9.61. The number of carbonyl (C=O) groups is 1. The van der Waals surface area contributed by atoms with Crippen molar-refractivity contribution in [2.75, 3.05) is 20.1 Å². The van der Waals surface area contributed by atoms with Crippen molar-refractivity contribution in [2.24, 2.45) is 0 Å². The predicted molar refractivity (Wildman–Crippen MR) is 90.5 cm³/mol. The van der Waals surface area contributed by atoms with Crippen molar-refractivity contribution >= 4 is 17.2 Å². The van der Waals surface area contributed by atoms with E-state index in [0.717, 1.165) is 12.0 Å². The zero-order valence-corrected chi connectivity index (χ0v) is 14.5. The fourth-order valence-electron chi connectivity index (χ4n) is 2.25. The maximum atomic E-state index is 12.1. The second-order valence-electron chi connectivity index (χ2n) is 5.54. The molecule has 2 rings (SSSR count). The minimum absolute atomic E-state index is 0.0870. The minimum Gasteiger partial charge on any atom is -0.406 e. The van der Waals surface area contributed by atoms with Crippen LogP contribution in [0, 0.1) is 0 Å². The van der Waals surface area contributed by atoms with Crippen LogP contribution in [0.1, 0.15) is 10.4 Å². The molecule has 8 heteroatoms. The maximum absolute atomic E-state index is 12.1. The molecule has 0 fully saturated rings. The summed E-state index contributed by atoms with van der Waals surface area (Å²) in [5, 5.41) is 4.85. The summed E-state index contributed by atoms with van der Waals surface area (Å²) in [6.45, 7) is 1.24. The van der Waals surface area contributed by atoms with Crippen LogP contribution in [0.4, 0.5) is 13.2 Å². The third-order valence-corrected chi connectivity index (χ3v) is 4.23. The Hall–Kier alpha value is -2.06. The van der Waals surface area contributed by atoms with Gasteiger partial charge in [-0.2, -0.15) is 0 Å². The number of nitrogens with zero attached hydrogens (tertiary/aromatic N) is 1. The second-order valence-corrected chi connectivity index (χ2v) is 6.58. The number of amides is 1. The zero-order chi connectivity index (χ0) is 18.3. The van der Waals surface area contributed by atoms with Gasteiger partial charge < -0.3 is 10.1 Å². The van der Waals surface area contributed by atoms with Crippen LogP contribution < -0.4 is 10.1 Å². The number of likely N-dealkylation sites (N-methyl/N-ethyl adjacent to an activating group) is 1. The molecule has 0 unspecified atom stereocenters. The monoisotopic (exact) mass is 372 g/mol. The molecular formula is C17H19F3N2O2S. The highest BCUT2D eigenvalue weighted by Gasteiger charge is 2.30. The van der Waals surface area contributed by atoms with Gasteiger partial charge in [0, 0.05) is 18.0 Å². The number of alkyl halides is 3. The predicted octanol–water partition coefficient (Wildman–Crippen LogP) is 3.44. The molecule has 0 radical (unpaired) electrons. The van der Waals surface area contributed by atoms with E-state index >= 15 is 0 Å². The molecule has 0 saturated carbocycles. The number of rotatable bonds is 8. The molecule has 0 saturated heterocycles. The van der Waals surface area contributed by atoms with Crippen molar-refractivity contribution in [3.8, 4) is 5.75 Å². The van der Waals surface area contributed by atoms with Crippen LogP contribution >= 0.6 is 11.3 Å². The zero-order valence-electron chi connectivity index (χ0n) is 13.7. The largest absolute Gasteiger partial charge is 0.573 e. The van der Waals surface area contributed by atoms with Gasteiger partial charge in [0.15, 0.2) is 0 Å². The summed E-state index contributed by atoms with van der Waals surface area (Å²) < 4.78 is 40.2. The third kappa shape index (κ3) is 7.57. The van der Waals surface area contributed by atoms with Gasteiger partial charge in [0.25, 0.3) is 0 Å². The first kappa shape index (κ1) is 19.3. The molecule has 0 aliphatic rings. The number of ether oxygens (including phenoxy) is 1. The first-order valence-electron chi connectivity index (χ1n) is 7.64. The van der Waals surface area contributed by atoms with Crippen LogP contribution in [-0.2, 0) is 17.8 Å². The molecule has 1 N–H and O–H groups in total. The lowest BCUT2D eigenvalue weighted by Gasteiger charge is -2.17. The summed E-state index contributed by atoms with van der Waals surface area (Å²) >= 11 is 1.65. The quantitative estimate of drug-likeness (QED) is 0.772. The second kappa shape index (κ2) is 8.87. The van der Waals surface area contributed by atoms with E-state index in [1.54, 1.807) is 35.4 Å². The Kier molecular flexibility index (Phi) is 6.83. The molecule has 0 aliphatic heterocycles. The topological polar surface area (TPSA) is 41.6 Å². The molecule has 2 aromatic rings. The Morgan fingerprint density at radius 2 is 1.96 bits per heavy atom. The number of hydrogen-bond donors (Lipinski definition) is 1. The lowest BCUT2D eigenvalue weighted by Crippen LogP contribution is -2.35. The van der Waals surface area contributed by atoms with Gasteiger partial charge in [-0.05, 0) is 42.6 Å². The average Bonchev–Trinajstić information content (AvgIpc) is 3.01. The van der Waals surface area contributed by atoms with E-state index in [1.165, 1.54) is 17.0 Å². The van der Waals surface area contributed by atoms with Crippen molar-refractivity contribution in [3.05, 3.63) is 52.2 Å². The van der Waals surface area contributed by atoms with Crippen LogP contribution in [0.15, 0.2) is 41.8 Å². The standard InChI is InChI=1S/C17H19F3N2O2S/c1-22(12-16(23)21-9-8-15-3-2-10-25-15)11-13-4-6-14(7-5-13)24-17(18,19)20/h2-7,10H,8-9,11-12H2,1H3,(H,21,23). The third-order valence-electron chi connectivity index (χ3n) is 3.30. The van der Waals surface area contributed by atoms with Gasteiger partial charge in [0.2, 0.25) is 5.91 Å². The lowest BCUT2D eigenvalue weighted by molar-refractivity contribution is -0.274. The molecule has 0 spiro atoms. The molecule has 25 heavy (non-hydrogen) atoms. The highest BCUT2D eigenvalue weighted by molar-refractivity contribution is 7.09. The molecule has 1 amide bonds. The van der Waals surface area contributed by atoms with Gasteiger partial charge in [-0.15, -0.1) is 24.5 Å². The Morgan fingerprint density at radius 1 is 1.24 bits per heavy atom. The average molecular weight is 372 g/mol. The Bertz CT molecular complexity index is 658. The molecule has 4 nitrogen and oxygen atoms in total. The van der Waals surface area contributed by atoms with E-state index in [4.69, 9.17) is 0 Å². The smallest absolute Gasteiger partial charge is 0.406 e. The molecule has 1 heterocycles. The van der Waals surface area contributed by atoms with Crippen LogP contribution in [0.3, 0.4) is 0 Å². The highest BCUT2D eigenvalue weighted by atomic mass is 32.1. The van der Waals surface area contributed by atoms with Crippen molar-refractivity contribution in [1.82, 2.24) is 10.2 Å². The number of hydrogen-bond acceptors (Lipinski definition) is 4. The molecular weight excluding hydrogens is 353 g/mol. The van der Waals surface area contributed by atoms with Crippen LogP contribution in [0.5, 0.6) is 5.75 Å². The Balaban J connectivity index is 1.71. The SMILES string of the molecule is CN(CC(=O)NCCc1cccs1)Cc1ccc(OC(F)(F)F)cc1. The van der Waals surface area contributed by atoms with Crippen molar-refractivity contribution in [1.29, 1.82) is 0 Å². The first-order valence-corrected chi connectivity index (χ1v) is 8.52. The number of halogens is 3. The molecule has 0 aliphatic carbocycles.